The van der Waals surface area contributed by atoms with E-state index in [4.69, 9.17) is 4.42 Å². The van der Waals surface area contributed by atoms with Crippen molar-refractivity contribution in [2.45, 2.75) is 0 Å². The summed E-state index contributed by atoms with van der Waals surface area (Å²) in [6, 6.07) is 75.8. The van der Waals surface area contributed by atoms with Gasteiger partial charge in [0.05, 0.1) is 0 Å². The molecular formula is C52H35NO. The molecular weight excluding hydrogens is 655 g/mol. The third kappa shape index (κ3) is 5.81. The number of hydrogen-bond acceptors (Lipinski definition) is 2. The third-order valence-electron chi connectivity index (χ3n) is 10.5. The summed E-state index contributed by atoms with van der Waals surface area (Å²) in [6.45, 7) is 0. The molecule has 54 heavy (non-hydrogen) atoms. The molecule has 0 saturated heterocycles. The fourth-order valence-corrected chi connectivity index (χ4v) is 7.70. The van der Waals surface area contributed by atoms with E-state index in [1.807, 2.05) is 0 Å². The van der Waals surface area contributed by atoms with Crippen LogP contribution in [0.2, 0.25) is 0 Å². The van der Waals surface area contributed by atoms with Gasteiger partial charge in [-0.2, -0.15) is 0 Å². The van der Waals surface area contributed by atoms with Gasteiger partial charge in [0.25, 0.3) is 0 Å². The first-order chi connectivity index (χ1) is 26.7. The summed E-state index contributed by atoms with van der Waals surface area (Å²) < 4.78 is 6.50. The summed E-state index contributed by atoms with van der Waals surface area (Å²) in [4.78, 5) is 2.34. The maximum absolute atomic E-state index is 6.50. The Morgan fingerprint density at radius 1 is 0.278 bits per heavy atom. The molecule has 0 saturated carbocycles. The van der Waals surface area contributed by atoms with Gasteiger partial charge in [0.15, 0.2) is 0 Å². The van der Waals surface area contributed by atoms with Gasteiger partial charge in [0.2, 0.25) is 0 Å². The monoisotopic (exact) mass is 689 g/mol. The number of benzene rings is 9. The number of anilines is 3. The lowest BCUT2D eigenvalue weighted by atomic mass is 9.98. The molecule has 0 N–H and O–H groups in total. The molecule has 1 heterocycles. The Labute approximate surface area is 314 Å². The molecule has 0 aliphatic carbocycles. The fraction of sp³-hybridized carbons (Fsp3) is 0. The van der Waals surface area contributed by atoms with E-state index in [0.717, 1.165) is 39.0 Å². The number of hydrogen-bond donors (Lipinski definition) is 0. The van der Waals surface area contributed by atoms with E-state index >= 15 is 0 Å². The smallest absolute Gasteiger partial charge is 0.136 e. The van der Waals surface area contributed by atoms with Crippen molar-refractivity contribution in [2.75, 3.05) is 4.90 Å². The average molecular weight is 690 g/mol. The zero-order chi connectivity index (χ0) is 35.8. The first-order valence-electron chi connectivity index (χ1n) is 18.4. The Balaban J connectivity index is 1.09. The van der Waals surface area contributed by atoms with Crippen molar-refractivity contribution >= 4 is 49.8 Å². The highest BCUT2D eigenvalue weighted by atomic mass is 16.3. The number of fused-ring (bicyclic) bond motifs is 5. The normalized spacial score (nSPS) is 11.3. The topological polar surface area (TPSA) is 16.4 Å². The van der Waals surface area contributed by atoms with E-state index in [1.165, 1.54) is 55.3 Å². The Morgan fingerprint density at radius 2 is 0.667 bits per heavy atom. The van der Waals surface area contributed by atoms with Crippen molar-refractivity contribution in [3.8, 4) is 44.5 Å². The molecule has 0 atom stereocenters. The minimum absolute atomic E-state index is 0.875. The third-order valence-corrected chi connectivity index (χ3v) is 10.5. The van der Waals surface area contributed by atoms with Gasteiger partial charge in [-0.15, -0.1) is 0 Å². The van der Waals surface area contributed by atoms with Crippen LogP contribution in [-0.4, -0.2) is 0 Å². The molecule has 0 amide bonds. The summed E-state index contributed by atoms with van der Waals surface area (Å²) in [5.41, 5.74) is 14.6. The van der Waals surface area contributed by atoms with Crippen molar-refractivity contribution < 1.29 is 4.42 Å². The van der Waals surface area contributed by atoms with Crippen LogP contribution in [0.1, 0.15) is 0 Å². The molecule has 10 aromatic rings. The summed E-state index contributed by atoms with van der Waals surface area (Å²) >= 11 is 0. The maximum atomic E-state index is 6.50. The highest BCUT2D eigenvalue weighted by Crippen LogP contribution is 2.42. The predicted octanol–water partition coefficient (Wildman–Crippen LogP) is 14.9. The molecule has 0 unspecified atom stereocenters. The van der Waals surface area contributed by atoms with Crippen molar-refractivity contribution in [2.24, 2.45) is 0 Å². The van der Waals surface area contributed by atoms with Crippen LogP contribution in [-0.2, 0) is 0 Å². The van der Waals surface area contributed by atoms with Crippen LogP contribution >= 0.6 is 0 Å². The number of rotatable bonds is 7. The van der Waals surface area contributed by atoms with Crippen LogP contribution in [0.5, 0.6) is 0 Å². The van der Waals surface area contributed by atoms with Gasteiger partial charge >= 0.3 is 0 Å². The molecule has 254 valence electrons. The van der Waals surface area contributed by atoms with Crippen LogP contribution in [0.4, 0.5) is 17.1 Å². The Morgan fingerprint density at radius 3 is 1.19 bits per heavy atom. The molecule has 10 rings (SSSR count). The molecule has 0 fully saturated rings. The van der Waals surface area contributed by atoms with Gasteiger partial charge in [0, 0.05) is 27.8 Å². The SMILES string of the molecule is c1ccc(-c2ccc(-c3ccc(N(c4ccc(-c5ccccc5)cc4)c4ccc5oc6ccc7ccc(-c8ccccc8)cc7c6c5c4)cc3)cc2)cc1. The molecule has 0 aliphatic rings. The van der Waals surface area contributed by atoms with Crippen molar-refractivity contribution in [1.29, 1.82) is 0 Å². The predicted molar refractivity (Wildman–Crippen MR) is 228 cm³/mol. The van der Waals surface area contributed by atoms with Crippen LogP contribution < -0.4 is 4.90 Å². The van der Waals surface area contributed by atoms with Gasteiger partial charge in [-0.05, 0) is 110 Å². The quantitative estimate of drug-likeness (QED) is 0.166. The van der Waals surface area contributed by atoms with Crippen LogP contribution in [0.15, 0.2) is 217 Å². The van der Waals surface area contributed by atoms with E-state index in [9.17, 15) is 0 Å². The standard InChI is InChI=1S/C52H35NO/c1-4-10-36(11-5-1)39-16-18-40(19-17-39)42-24-29-46(30-25-42)53(45-27-22-41(23-28-45)37-12-6-2-7-13-37)47-31-33-50-49(35-47)52-48-34-44(38-14-8-3-9-15-38)21-20-43(48)26-32-51(52)54-50/h1-35H. The van der Waals surface area contributed by atoms with Crippen LogP contribution in [0, 0.1) is 0 Å². The van der Waals surface area contributed by atoms with Crippen LogP contribution in [0.25, 0.3) is 77.2 Å². The molecule has 0 bridgehead atoms. The summed E-state index contributed by atoms with van der Waals surface area (Å²) in [5.74, 6) is 0. The summed E-state index contributed by atoms with van der Waals surface area (Å²) in [6.07, 6.45) is 0. The van der Waals surface area contributed by atoms with E-state index in [1.54, 1.807) is 0 Å². The molecule has 2 nitrogen and oxygen atoms in total. The van der Waals surface area contributed by atoms with E-state index in [2.05, 4.69) is 217 Å². The second-order valence-corrected chi connectivity index (χ2v) is 13.8. The lowest BCUT2D eigenvalue weighted by Crippen LogP contribution is -2.09. The first-order valence-corrected chi connectivity index (χ1v) is 18.4. The average Bonchev–Trinajstić information content (AvgIpc) is 3.64. The molecule has 0 radical (unpaired) electrons. The minimum Gasteiger partial charge on any atom is -0.456 e. The van der Waals surface area contributed by atoms with Crippen molar-refractivity contribution in [3.05, 3.63) is 212 Å². The first kappa shape index (κ1) is 31.6. The Hall–Kier alpha value is -7.16. The van der Waals surface area contributed by atoms with Crippen molar-refractivity contribution in [1.82, 2.24) is 0 Å². The Bertz CT molecular complexity index is 2880. The zero-order valence-corrected chi connectivity index (χ0v) is 29.6. The lowest BCUT2D eigenvalue weighted by molar-refractivity contribution is 0.669. The van der Waals surface area contributed by atoms with Gasteiger partial charge in [-0.1, -0.05) is 158 Å². The molecule has 0 spiro atoms. The van der Waals surface area contributed by atoms with E-state index < -0.39 is 0 Å². The van der Waals surface area contributed by atoms with Crippen LogP contribution in [0.3, 0.4) is 0 Å². The molecule has 2 heteroatoms. The second-order valence-electron chi connectivity index (χ2n) is 13.8. The second kappa shape index (κ2) is 13.4. The number of nitrogens with zero attached hydrogens (tertiary/aromatic N) is 1. The summed E-state index contributed by atoms with van der Waals surface area (Å²) in [7, 11) is 0. The fourth-order valence-electron chi connectivity index (χ4n) is 7.70. The van der Waals surface area contributed by atoms with E-state index in [-0.39, 0.29) is 0 Å². The largest absolute Gasteiger partial charge is 0.456 e. The van der Waals surface area contributed by atoms with Gasteiger partial charge < -0.3 is 9.32 Å². The van der Waals surface area contributed by atoms with Gasteiger partial charge in [-0.25, -0.2) is 0 Å². The molecule has 9 aromatic carbocycles. The number of furan rings is 1. The van der Waals surface area contributed by atoms with Gasteiger partial charge in [-0.3, -0.25) is 0 Å². The van der Waals surface area contributed by atoms with E-state index in [0.29, 0.717) is 0 Å². The summed E-state index contributed by atoms with van der Waals surface area (Å²) in [5, 5.41) is 4.61. The zero-order valence-electron chi connectivity index (χ0n) is 29.6. The lowest BCUT2D eigenvalue weighted by Gasteiger charge is -2.26. The molecule has 0 aliphatic heterocycles. The molecule has 1 aromatic heterocycles. The van der Waals surface area contributed by atoms with Crippen molar-refractivity contribution in [3.63, 3.8) is 0 Å². The van der Waals surface area contributed by atoms with Gasteiger partial charge in [0.1, 0.15) is 11.2 Å². The minimum atomic E-state index is 0.875. The highest BCUT2D eigenvalue weighted by Gasteiger charge is 2.18. The maximum Gasteiger partial charge on any atom is 0.136 e. The highest BCUT2D eigenvalue weighted by molar-refractivity contribution is 6.20. The Kier molecular flexibility index (Phi) is 7.85.